The molecular weight excluding hydrogens is 988 g/mol. The molecule has 1 saturated heterocycles. The first kappa shape index (κ1) is 53.6. The van der Waals surface area contributed by atoms with E-state index >= 15 is 14.2 Å². The Morgan fingerprint density at radius 2 is 1.56 bits per heavy atom. The van der Waals surface area contributed by atoms with E-state index in [1.54, 1.807) is 46.1 Å². The number of alkyl carbamates (subject to hydrolysis) is 1. The van der Waals surface area contributed by atoms with Crippen molar-refractivity contribution in [3.05, 3.63) is 42.3 Å². The number of amides is 3. The highest BCUT2D eigenvalue weighted by molar-refractivity contribution is 7.56. The Hall–Kier alpha value is -5.70. The number of thiazole rings is 1. The molecule has 4 saturated carbocycles. The molecule has 0 bridgehead atoms. The second-order valence-electron chi connectivity index (χ2n) is 20.7. The third-order valence-corrected chi connectivity index (χ3v) is 16.7. The molecule has 0 spiro atoms. The third kappa shape index (κ3) is 13.5. The molecule has 4 aliphatic carbocycles. The van der Waals surface area contributed by atoms with Gasteiger partial charge in [0.25, 0.3) is 0 Å². The summed E-state index contributed by atoms with van der Waals surface area (Å²) in [7, 11) is -3.16. The lowest BCUT2D eigenvalue weighted by Crippen LogP contribution is -2.58. The summed E-state index contributed by atoms with van der Waals surface area (Å²) in [6, 6.07) is 4.76. The fourth-order valence-corrected chi connectivity index (χ4v) is 11.8. The number of anilines is 1. The van der Waals surface area contributed by atoms with Crippen LogP contribution in [-0.4, -0.2) is 121 Å². The fourth-order valence-electron chi connectivity index (χ4n) is 8.87. The zero-order chi connectivity index (χ0) is 52.1. The van der Waals surface area contributed by atoms with Gasteiger partial charge in [-0.1, -0.05) is 26.8 Å². The number of rotatable bonds is 23. The molecule has 73 heavy (non-hydrogen) atoms. The molecule has 3 amide bonds. The Kier molecular flexibility index (Phi) is 16.8. The molecule has 8 rings (SSSR count). The van der Waals surface area contributed by atoms with Crippen LogP contribution in [0.4, 0.5) is 19.5 Å². The lowest BCUT2D eigenvalue weighted by Gasteiger charge is -2.36. The minimum atomic E-state index is -4.71. The predicted molar refractivity (Wildman–Crippen MR) is 267 cm³/mol. The smallest absolute Gasteiger partial charge is 0.497 e. The maximum Gasteiger partial charge on any atom is 0.510 e. The number of carbonyl (C=O) groups excluding carboxylic acids is 5. The zero-order valence-corrected chi connectivity index (χ0v) is 43.9. The van der Waals surface area contributed by atoms with Crippen molar-refractivity contribution in [3.63, 3.8) is 0 Å². The number of hydrogen-bond donors (Lipinski definition) is 3. The zero-order valence-electron chi connectivity index (χ0n) is 42.2. The van der Waals surface area contributed by atoms with Crippen molar-refractivity contribution in [2.45, 2.75) is 134 Å². The summed E-state index contributed by atoms with van der Waals surface area (Å²) >= 11 is 1.43. The molecule has 1 aromatic carbocycles. The molecule has 0 radical (unpaired) electrons. The van der Waals surface area contributed by atoms with Crippen molar-refractivity contribution >= 4 is 65.2 Å². The van der Waals surface area contributed by atoms with Gasteiger partial charge in [-0.05, 0) is 101 Å². The summed E-state index contributed by atoms with van der Waals surface area (Å²) in [4.78, 5) is 79.7. The van der Waals surface area contributed by atoms with Gasteiger partial charge in [0.15, 0.2) is 5.13 Å². The van der Waals surface area contributed by atoms with Crippen LogP contribution in [0.25, 0.3) is 22.3 Å². The SMILES string of the molecule is C=C[C@@H]1C[C@]1(NC(=O)C1C[C@@H](Oc2cc(-c3csc(NC(C)C)n3)nc3cc(OC)ccc23)CN1C(=O)[C@@H](NC(=O)OC1CCCC1)C(C)(C)C)P(=O)(OCOC(=O)OCC1CC1)OCOC(=O)OCC1CC1. The van der Waals surface area contributed by atoms with Crippen molar-refractivity contribution in [1.82, 2.24) is 25.5 Å². The molecule has 1 aliphatic heterocycles. The lowest BCUT2D eigenvalue weighted by atomic mass is 9.85. The Labute approximate surface area is 428 Å². The molecule has 21 nitrogen and oxygen atoms in total. The van der Waals surface area contributed by atoms with Gasteiger partial charge in [0.2, 0.25) is 25.4 Å². The summed E-state index contributed by atoms with van der Waals surface area (Å²) in [5, 5.41) is 10.4. The van der Waals surface area contributed by atoms with Gasteiger partial charge >= 0.3 is 26.0 Å². The molecule has 3 aromatic rings. The van der Waals surface area contributed by atoms with Crippen LogP contribution < -0.4 is 25.4 Å². The molecule has 5 aliphatic rings. The average Bonchev–Trinajstić information content (AvgIpc) is 4.31. The number of benzene rings is 1. The van der Waals surface area contributed by atoms with Crippen LogP contribution >= 0.6 is 18.9 Å². The molecule has 2 aromatic heterocycles. The van der Waals surface area contributed by atoms with Gasteiger partial charge < -0.3 is 54.0 Å². The number of carbonyl (C=O) groups is 5. The maximum atomic E-state index is 15.2. The van der Waals surface area contributed by atoms with E-state index in [4.69, 9.17) is 52.2 Å². The van der Waals surface area contributed by atoms with E-state index in [0.717, 1.165) is 38.5 Å². The van der Waals surface area contributed by atoms with Crippen molar-refractivity contribution < 1.29 is 70.7 Å². The Balaban J connectivity index is 1.09. The fraction of sp³-hybridized carbons (Fsp3) is 0.620. The summed E-state index contributed by atoms with van der Waals surface area (Å²) in [6.07, 6.45) is 4.26. The highest BCUT2D eigenvalue weighted by Crippen LogP contribution is 2.73. The summed E-state index contributed by atoms with van der Waals surface area (Å²) in [5.41, 5.74) is 0.746. The minimum Gasteiger partial charge on any atom is -0.497 e. The standard InChI is InChI=1S/C50H67N6O15PS/c1-8-32-22-50(32,72(62,68-27-66-47(60)64-24-30-13-14-30)69-28-67-48(61)65-25-31-15-16-31)55-43(57)40-20-35(23-56(40)44(58)42(49(4,5)6)54-46(59)71-33-11-9-10-12-33)70-41-21-38(39-26-73-45(53-39)51-29(2)3)52-37-19-34(63-7)17-18-36(37)41/h8,17-19,21,26,29-33,35,40,42H,1,9-16,20,22-25,27-28H2,2-7H3,(H,51,53)(H,54,59)(H,55,57)/t32-,35-,40?,42-,50+/m1/s1. The van der Waals surface area contributed by atoms with Crippen LogP contribution in [0.15, 0.2) is 42.3 Å². The van der Waals surface area contributed by atoms with E-state index in [9.17, 15) is 14.4 Å². The first-order chi connectivity index (χ1) is 34.9. The van der Waals surface area contributed by atoms with E-state index in [0.29, 0.717) is 51.8 Å². The van der Waals surface area contributed by atoms with Gasteiger partial charge in [-0.25, -0.2) is 24.4 Å². The summed E-state index contributed by atoms with van der Waals surface area (Å²) < 4.78 is 65.3. The number of pyridine rings is 1. The molecule has 3 N–H and O–H groups in total. The number of fused-ring (bicyclic) bond motifs is 1. The number of ether oxygens (including phenoxy) is 7. The van der Waals surface area contributed by atoms with Crippen LogP contribution in [0.5, 0.6) is 11.5 Å². The van der Waals surface area contributed by atoms with Gasteiger partial charge in [-0.3, -0.25) is 23.2 Å². The Bertz CT molecular complexity index is 2520. The van der Waals surface area contributed by atoms with E-state index in [1.165, 1.54) is 22.3 Å². The van der Waals surface area contributed by atoms with Crippen LogP contribution in [0.2, 0.25) is 0 Å². The molecule has 398 valence electrons. The van der Waals surface area contributed by atoms with E-state index < -0.39 is 86.2 Å². The van der Waals surface area contributed by atoms with Crippen molar-refractivity contribution in [1.29, 1.82) is 0 Å². The van der Waals surface area contributed by atoms with Gasteiger partial charge in [0.05, 0.1) is 38.1 Å². The van der Waals surface area contributed by atoms with Gasteiger partial charge in [0.1, 0.15) is 46.8 Å². The number of methoxy groups -OCH3 is 1. The van der Waals surface area contributed by atoms with Gasteiger partial charge in [0, 0.05) is 41.3 Å². The lowest BCUT2D eigenvalue weighted by molar-refractivity contribution is -0.142. The minimum absolute atomic E-state index is 0.0300. The number of nitrogens with one attached hydrogen (secondary N) is 3. The maximum absolute atomic E-state index is 15.2. The Morgan fingerprint density at radius 1 is 0.904 bits per heavy atom. The molecular formula is C50H67N6O15PS. The Morgan fingerprint density at radius 3 is 2.14 bits per heavy atom. The topological polar surface area (TPSA) is 251 Å². The van der Waals surface area contributed by atoms with Crippen LogP contribution in [0.1, 0.15) is 98.8 Å². The average molecular weight is 1060 g/mol. The molecule has 5 fully saturated rings. The normalized spacial score (nSPS) is 22.3. The quantitative estimate of drug-likeness (QED) is 0.0263. The van der Waals surface area contributed by atoms with Crippen LogP contribution in [0.3, 0.4) is 0 Å². The monoisotopic (exact) mass is 1050 g/mol. The van der Waals surface area contributed by atoms with E-state index in [1.807, 2.05) is 25.3 Å². The molecule has 5 atom stereocenters. The molecule has 1 unspecified atom stereocenters. The molecule has 23 heteroatoms. The summed E-state index contributed by atoms with van der Waals surface area (Å²) in [5.74, 6) is -0.691. The highest BCUT2D eigenvalue weighted by atomic mass is 32.1. The second kappa shape index (κ2) is 22.8. The first-order valence-electron chi connectivity index (χ1n) is 24.9. The number of hydrogen-bond acceptors (Lipinski definition) is 19. The second-order valence-corrected chi connectivity index (χ2v) is 23.9. The van der Waals surface area contributed by atoms with Gasteiger partial charge in [-0.2, -0.15) is 0 Å². The van der Waals surface area contributed by atoms with E-state index in [-0.39, 0.29) is 56.6 Å². The van der Waals surface area contributed by atoms with E-state index in [2.05, 4.69) is 22.5 Å². The van der Waals surface area contributed by atoms with Crippen molar-refractivity contribution in [2.24, 2.45) is 23.2 Å². The summed E-state index contributed by atoms with van der Waals surface area (Å²) in [6.45, 7) is 11.6. The molecule has 3 heterocycles. The highest BCUT2D eigenvalue weighted by Gasteiger charge is 2.69. The number of nitrogens with zero attached hydrogens (tertiary/aromatic N) is 3. The third-order valence-electron chi connectivity index (χ3n) is 13.4. The predicted octanol–water partition coefficient (Wildman–Crippen LogP) is 8.91. The van der Waals surface area contributed by atoms with Crippen molar-refractivity contribution in [2.75, 3.05) is 45.8 Å². The van der Waals surface area contributed by atoms with Crippen LogP contribution in [0, 0.1) is 23.2 Å². The van der Waals surface area contributed by atoms with Gasteiger partial charge in [-0.15, -0.1) is 17.9 Å². The van der Waals surface area contributed by atoms with Crippen LogP contribution in [-0.2, 0) is 46.9 Å². The largest absolute Gasteiger partial charge is 0.510 e. The first-order valence-corrected chi connectivity index (χ1v) is 27.4. The number of likely N-dealkylation sites (tertiary alicyclic amines) is 1. The van der Waals surface area contributed by atoms with Crippen molar-refractivity contribution in [3.8, 4) is 22.9 Å². The number of aromatic nitrogens is 2.